The summed E-state index contributed by atoms with van der Waals surface area (Å²) in [4.78, 5) is 11.2. The summed E-state index contributed by atoms with van der Waals surface area (Å²) in [5, 5.41) is 0. The van der Waals surface area contributed by atoms with Crippen molar-refractivity contribution in [3.63, 3.8) is 0 Å². The van der Waals surface area contributed by atoms with Gasteiger partial charge in [0, 0.05) is 6.42 Å². The number of carbonyl (C=O) groups excluding carboxylic acids is 1. The Labute approximate surface area is 103 Å². The van der Waals surface area contributed by atoms with E-state index in [1.54, 1.807) is 6.07 Å². The zero-order valence-corrected chi connectivity index (χ0v) is 10.8. The molecule has 0 aromatic carbocycles. The van der Waals surface area contributed by atoms with Gasteiger partial charge in [0.2, 0.25) is 5.76 Å². The van der Waals surface area contributed by atoms with Crippen LogP contribution in [-0.4, -0.2) is 13.1 Å². The van der Waals surface area contributed by atoms with Gasteiger partial charge >= 0.3 is 5.97 Å². The summed E-state index contributed by atoms with van der Waals surface area (Å²) >= 11 is 0. The van der Waals surface area contributed by atoms with Crippen molar-refractivity contribution in [2.75, 3.05) is 7.11 Å². The summed E-state index contributed by atoms with van der Waals surface area (Å²) in [5.74, 6) is 0.772. The Kier molecular flexibility index (Phi) is 6.45. The van der Waals surface area contributed by atoms with Crippen molar-refractivity contribution in [1.82, 2.24) is 0 Å². The molecule has 0 fully saturated rings. The number of unbranched alkanes of at least 4 members (excludes halogenated alkanes) is 5. The number of methoxy groups -OCH3 is 1. The Morgan fingerprint density at radius 3 is 2.59 bits per heavy atom. The van der Waals surface area contributed by atoms with Crippen LogP contribution in [0.3, 0.4) is 0 Å². The number of hydrogen-bond acceptors (Lipinski definition) is 3. The summed E-state index contributed by atoms with van der Waals surface area (Å²) in [6.45, 7) is 2.22. The molecule has 1 heterocycles. The molecule has 0 atom stereocenters. The normalized spacial score (nSPS) is 10.5. The van der Waals surface area contributed by atoms with E-state index in [1.165, 1.54) is 39.2 Å². The van der Waals surface area contributed by atoms with Gasteiger partial charge in [-0.2, -0.15) is 0 Å². The maximum atomic E-state index is 11.2. The molecule has 0 spiro atoms. The molecule has 3 heteroatoms. The van der Waals surface area contributed by atoms with Crippen LogP contribution in [0.25, 0.3) is 0 Å². The number of ether oxygens (including phenoxy) is 1. The summed E-state index contributed by atoms with van der Waals surface area (Å²) < 4.78 is 9.98. The molecule has 0 saturated carbocycles. The first-order valence-corrected chi connectivity index (χ1v) is 6.45. The SMILES string of the molecule is CCCCCCCCc1ccc(C(=O)OC)o1. The van der Waals surface area contributed by atoms with Crippen LogP contribution in [0.5, 0.6) is 0 Å². The lowest BCUT2D eigenvalue weighted by Gasteiger charge is -1.99. The van der Waals surface area contributed by atoms with Crippen molar-refractivity contribution >= 4 is 5.97 Å². The van der Waals surface area contributed by atoms with Crippen molar-refractivity contribution in [3.8, 4) is 0 Å². The lowest BCUT2D eigenvalue weighted by Crippen LogP contribution is -1.98. The molecule has 0 bridgehead atoms. The van der Waals surface area contributed by atoms with Crippen LogP contribution >= 0.6 is 0 Å². The maximum absolute atomic E-state index is 11.2. The maximum Gasteiger partial charge on any atom is 0.373 e. The van der Waals surface area contributed by atoms with E-state index in [-0.39, 0.29) is 0 Å². The van der Waals surface area contributed by atoms with Gasteiger partial charge in [0.15, 0.2) is 0 Å². The molecule has 0 amide bonds. The highest BCUT2D eigenvalue weighted by Gasteiger charge is 2.10. The summed E-state index contributed by atoms with van der Waals surface area (Å²) in [6.07, 6.45) is 8.48. The van der Waals surface area contributed by atoms with Crippen molar-refractivity contribution < 1.29 is 13.9 Å². The predicted octanol–water partition coefficient (Wildman–Crippen LogP) is 3.97. The quantitative estimate of drug-likeness (QED) is 0.508. The van der Waals surface area contributed by atoms with Crippen molar-refractivity contribution in [1.29, 1.82) is 0 Å². The van der Waals surface area contributed by atoms with Gasteiger partial charge < -0.3 is 9.15 Å². The van der Waals surface area contributed by atoms with Crippen LogP contribution in [0.2, 0.25) is 0 Å². The minimum atomic E-state index is -0.404. The second-order valence-electron chi connectivity index (χ2n) is 4.28. The van der Waals surface area contributed by atoms with E-state index in [2.05, 4.69) is 11.7 Å². The fraction of sp³-hybridized carbons (Fsp3) is 0.643. The molecule has 1 aromatic heterocycles. The standard InChI is InChI=1S/C14H22O3/c1-3-4-5-6-7-8-9-12-10-11-13(17-12)14(15)16-2/h10-11H,3-9H2,1-2H3. The number of rotatable bonds is 8. The molecule has 3 nitrogen and oxygen atoms in total. The first-order valence-electron chi connectivity index (χ1n) is 6.45. The van der Waals surface area contributed by atoms with Crippen LogP contribution in [0.4, 0.5) is 0 Å². The summed E-state index contributed by atoms with van der Waals surface area (Å²) in [5.41, 5.74) is 0. The van der Waals surface area contributed by atoms with Crippen molar-refractivity contribution in [2.24, 2.45) is 0 Å². The highest BCUT2D eigenvalue weighted by molar-refractivity contribution is 5.86. The lowest BCUT2D eigenvalue weighted by atomic mass is 10.1. The first kappa shape index (κ1) is 13.8. The van der Waals surface area contributed by atoms with Crippen molar-refractivity contribution in [2.45, 2.75) is 51.9 Å². The molecule has 0 aliphatic carbocycles. The smallest absolute Gasteiger partial charge is 0.373 e. The number of esters is 1. The molecule has 0 radical (unpaired) electrons. The first-order chi connectivity index (χ1) is 8.27. The summed E-state index contributed by atoms with van der Waals surface area (Å²) in [6, 6.07) is 3.54. The van der Waals surface area contributed by atoms with Crippen LogP contribution in [-0.2, 0) is 11.2 Å². The van der Waals surface area contributed by atoms with Crippen LogP contribution in [0.1, 0.15) is 61.8 Å². The topological polar surface area (TPSA) is 39.4 Å². The Morgan fingerprint density at radius 1 is 1.18 bits per heavy atom. The highest BCUT2D eigenvalue weighted by atomic mass is 16.5. The van der Waals surface area contributed by atoms with Gasteiger partial charge in [-0.15, -0.1) is 0 Å². The van der Waals surface area contributed by atoms with Crippen LogP contribution in [0.15, 0.2) is 16.5 Å². The largest absolute Gasteiger partial charge is 0.463 e. The van der Waals surface area contributed by atoms with Gasteiger partial charge in [0.25, 0.3) is 0 Å². The molecule has 1 rings (SSSR count). The van der Waals surface area contributed by atoms with Crippen molar-refractivity contribution in [3.05, 3.63) is 23.7 Å². The lowest BCUT2D eigenvalue weighted by molar-refractivity contribution is 0.0563. The van der Waals surface area contributed by atoms with Gasteiger partial charge in [0.1, 0.15) is 5.76 Å². The Balaban J connectivity index is 2.19. The third-order valence-electron chi connectivity index (χ3n) is 2.82. The Bertz CT molecular complexity index is 328. The monoisotopic (exact) mass is 238 g/mol. The molecule has 0 aliphatic rings. The van der Waals surface area contributed by atoms with E-state index in [4.69, 9.17) is 4.42 Å². The molecule has 0 unspecified atom stereocenters. The van der Waals surface area contributed by atoms with E-state index >= 15 is 0 Å². The van der Waals surface area contributed by atoms with Gasteiger partial charge in [-0.1, -0.05) is 39.0 Å². The molecule has 0 N–H and O–H groups in total. The van der Waals surface area contributed by atoms with E-state index in [0.29, 0.717) is 5.76 Å². The number of furan rings is 1. The second-order valence-corrected chi connectivity index (χ2v) is 4.28. The minimum Gasteiger partial charge on any atom is -0.463 e. The average molecular weight is 238 g/mol. The van der Waals surface area contributed by atoms with Gasteiger partial charge in [0.05, 0.1) is 7.11 Å². The highest BCUT2D eigenvalue weighted by Crippen LogP contribution is 2.13. The Hall–Kier alpha value is -1.25. The number of carbonyl (C=O) groups is 1. The third kappa shape index (κ3) is 5.07. The van der Waals surface area contributed by atoms with Crippen LogP contribution < -0.4 is 0 Å². The number of aryl methyl sites for hydroxylation is 1. The average Bonchev–Trinajstić information content (AvgIpc) is 2.81. The van der Waals surface area contributed by atoms with E-state index in [9.17, 15) is 4.79 Å². The molecule has 0 saturated heterocycles. The fourth-order valence-corrected chi connectivity index (χ4v) is 1.80. The van der Waals surface area contributed by atoms with E-state index in [1.807, 2.05) is 6.07 Å². The Morgan fingerprint density at radius 2 is 1.88 bits per heavy atom. The molecule has 1 aromatic rings. The van der Waals surface area contributed by atoms with Gasteiger partial charge in [-0.3, -0.25) is 0 Å². The zero-order chi connectivity index (χ0) is 12.5. The van der Waals surface area contributed by atoms with E-state index in [0.717, 1.165) is 18.6 Å². The minimum absolute atomic E-state index is 0.300. The van der Waals surface area contributed by atoms with E-state index < -0.39 is 5.97 Å². The predicted molar refractivity (Wildman–Crippen MR) is 67.1 cm³/mol. The molecular formula is C14H22O3. The number of hydrogen-bond donors (Lipinski definition) is 0. The second kappa shape index (κ2) is 7.93. The third-order valence-corrected chi connectivity index (χ3v) is 2.82. The molecule has 0 aliphatic heterocycles. The van der Waals surface area contributed by atoms with Gasteiger partial charge in [-0.05, 0) is 18.6 Å². The molecule has 96 valence electrons. The molecular weight excluding hydrogens is 216 g/mol. The summed E-state index contributed by atoms with van der Waals surface area (Å²) in [7, 11) is 1.36. The fourth-order valence-electron chi connectivity index (χ4n) is 1.80. The zero-order valence-electron chi connectivity index (χ0n) is 10.8. The molecule has 17 heavy (non-hydrogen) atoms. The van der Waals surface area contributed by atoms with Crippen LogP contribution in [0, 0.1) is 0 Å². The van der Waals surface area contributed by atoms with Gasteiger partial charge in [-0.25, -0.2) is 4.79 Å².